The summed E-state index contributed by atoms with van der Waals surface area (Å²) in [5, 5.41) is 3.31. The van der Waals surface area contributed by atoms with Crippen molar-refractivity contribution in [3.05, 3.63) is 42.2 Å². The number of aromatic nitrogens is 1. The summed E-state index contributed by atoms with van der Waals surface area (Å²) in [5.74, 6) is 2.18. The lowest BCUT2D eigenvalue weighted by Gasteiger charge is -2.30. The van der Waals surface area contributed by atoms with Gasteiger partial charge in [-0.15, -0.1) is 0 Å². The first-order valence-corrected chi connectivity index (χ1v) is 9.11. The molecule has 0 atom stereocenters. The summed E-state index contributed by atoms with van der Waals surface area (Å²) in [5.41, 5.74) is 2.18. The minimum atomic E-state index is 0.00252. The number of hydrogen-bond acceptors (Lipinski definition) is 5. The van der Waals surface area contributed by atoms with E-state index < -0.39 is 0 Å². The third-order valence-corrected chi connectivity index (χ3v) is 4.88. The van der Waals surface area contributed by atoms with Gasteiger partial charge in [0.1, 0.15) is 18.9 Å². The van der Waals surface area contributed by atoms with Crippen LogP contribution in [0.2, 0.25) is 0 Å². The number of carbonyl (C=O) groups excluding carboxylic acids is 1. The highest BCUT2D eigenvalue weighted by Crippen LogP contribution is 2.33. The molecule has 2 aliphatic heterocycles. The Labute approximate surface area is 153 Å². The molecule has 6 heteroatoms. The molecule has 0 bridgehead atoms. The van der Waals surface area contributed by atoms with E-state index in [1.807, 2.05) is 29.2 Å². The Hall–Kier alpha value is -2.76. The van der Waals surface area contributed by atoms with Gasteiger partial charge in [-0.25, -0.2) is 0 Å². The molecule has 1 N–H and O–H groups in total. The van der Waals surface area contributed by atoms with E-state index in [4.69, 9.17) is 9.47 Å². The molecular weight excluding hydrogens is 330 g/mol. The highest BCUT2D eigenvalue weighted by Gasteiger charge is 2.22. The van der Waals surface area contributed by atoms with Gasteiger partial charge in [-0.1, -0.05) is 6.92 Å². The zero-order valence-corrected chi connectivity index (χ0v) is 14.9. The highest BCUT2D eigenvalue weighted by molar-refractivity contribution is 5.93. The van der Waals surface area contributed by atoms with Gasteiger partial charge in [-0.05, 0) is 43.0 Å². The quantitative estimate of drug-likeness (QED) is 0.915. The first kappa shape index (κ1) is 16.7. The predicted molar refractivity (Wildman–Crippen MR) is 99.3 cm³/mol. The number of fused-ring (bicyclic) bond motifs is 1. The highest BCUT2D eigenvalue weighted by atomic mass is 16.6. The molecule has 4 rings (SSSR count). The standard InChI is InChI=1S/C20H23N3O3/c1-14-5-8-23(9-6-14)20(24)17-12-16(4-7-21-17)22-15-2-3-18-19(13-15)26-11-10-25-18/h2-4,7,12-14H,5-6,8-11H2,1H3,(H,21,22). The number of rotatable bonds is 3. The second-order valence-electron chi connectivity index (χ2n) is 6.89. The van der Waals surface area contributed by atoms with Crippen molar-refractivity contribution in [2.75, 3.05) is 31.6 Å². The van der Waals surface area contributed by atoms with Crippen LogP contribution in [0, 0.1) is 5.92 Å². The summed E-state index contributed by atoms with van der Waals surface area (Å²) in [6.07, 6.45) is 3.78. The lowest BCUT2D eigenvalue weighted by molar-refractivity contribution is 0.0691. The van der Waals surface area contributed by atoms with E-state index in [0.29, 0.717) is 24.8 Å². The maximum Gasteiger partial charge on any atom is 0.272 e. The molecule has 0 radical (unpaired) electrons. The summed E-state index contributed by atoms with van der Waals surface area (Å²) >= 11 is 0. The predicted octanol–water partition coefficient (Wildman–Crippen LogP) is 3.47. The topological polar surface area (TPSA) is 63.7 Å². The van der Waals surface area contributed by atoms with Gasteiger partial charge < -0.3 is 19.7 Å². The molecule has 1 aromatic carbocycles. The number of anilines is 2. The molecule has 0 unspecified atom stereocenters. The number of ether oxygens (including phenoxy) is 2. The van der Waals surface area contributed by atoms with Crippen LogP contribution in [0.4, 0.5) is 11.4 Å². The lowest BCUT2D eigenvalue weighted by Crippen LogP contribution is -2.38. The molecule has 0 aliphatic carbocycles. The monoisotopic (exact) mass is 353 g/mol. The van der Waals surface area contributed by atoms with Crippen LogP contribution in [0.25, 0.3) is 0 Å². The Balaban J connectivity index is 1.48. The molecule has 0 spiro atoms. The third-order valence-electron chi connectivity index (χ3n) is 4.88. The molecule has 1 amide bonds. The molecule has 136 valence electrons. The third kappa shape index (κ3) is 3.59. The van der Waals surface area contributed by atoms with E-state index in [2.05, 4.69) is 17.2 Å². The van der Waals surface area contributed by atoms with E-state index in [0.717, 1.165) is 48.8 Å². The molecule has 6 nitrogen and oxygen atoms in total. The Kier molecular flexibility index (Phi) is 4.65. The van der Waals surface area contributed by atoms with E-state index in [-0.39, 0.29) is 5.91 Å². The lowest BCUT2D eigenvalue weighted by atomic mass is 9.99. The van der Waals surface area contributed by atoms with Crippen LogP contribution >= 0.6 is 0 Å². The second kappa shape index (κ2) is 7.23. The van der Waals surface area contributed by atoms with Gasteiger partial charge in [0, 0.05) is 36.7 Å². The second-order valence-corrected chi connectivity index (χ2v) is 6.89. The van der Waals surface area contributed by atoms with Crippen molar-refractivity contribution >= 4 is 17.3 Å². The van der Waals surface area contributed by atoms with Crippen molar-refractivity contribution in [3.8, 4) is 11.5 Å². The van der Waals surface area contributed by atoms with Crippen molar-refractivity contribution in [3.63, 3.8) is 0 Å². The van der Waals surface area contributed by atoms with Gasteiger partial charge in [-0.3, -0.25) is 9.78 Å². The number of pyridine rings is 1. The molecule has 3 heterocycles. The van der Waals surface area contributed by atoms with Crippen LogP contribution in [-0.2, 0) is 0 Å². The average molecular weight is 353 g/mol. The fourth-order valence-corrected chi connectivity index (χ4v) is 3.29. The molecule has 1 aromatic heterocycles. The summed E-state index contributed by atoms with van der Waals surface area (Å²) in [4.78, 5) is 18.9. The van der Waals surface area contributed by atoms with Crippen LogP contribution in [-0.4, -0.2) is 42.1 Å². The Bertz CT molecular complexity index is 801. The van der Waals surface area contributed by atoms with Crippen LogP contribution in [0.5, 0.6) is 11.5 Å². The van der Waals surface area contributed by atoms with Gasteiger partial charge >= 0.3 is 0 Å². The number of benzene rings is 1. The van der Waals surface area contributed by atoms with Gasteiger partial charge in [0.25, 0.3) is 5.91 Å². The van der Waals surface area contributed by atoms with Gasteiger partial charge in [0.15, 0.2) is 11.5 Å². The largest absolute Gasteiger partial charge is 0.486 e. The summed E-state index contributed by atoms with van der Waals surface area (Å²) in [6, 6.07) is 9.38. The van der Waals surface area contributed by atoms with E-state index in [1.54, 1.807) is 12.3 Å². The fraction of sp³-hybridized carbons (Fsp3) is 0.400. The maximum absolute atomic E-state index is 12.7. The van der Waals surface area contributed by atoms with E-state index in [9.17, 15) is 4.79 Å². The minimum Gasteiger partial charge on any atom is -0.486 e. The first-order valence-electron chi connectivity index (χ1n) is 9.11. The number of piperidine rings is 1. The smallest absolute Gasteiger partial charge is 0.272 e. The number of hydrogen-bond donors (Lipinski definition) is 1. The van der Waals surface area contributed by atoms with E-state index in [1.165, 1.54) is 0 Å². The SMILES string of the molecule is CC1CCN(C(=O)c2cc(Nc3ccc4c(c3)OCCO4)ccn2)CC1. The molecule has 1 saturated heterocycles. The zero-order chi connectivity index (χ0) is 17.9. The maximum atomic E-state index is 12.7. The first-order chi connectivity index (χ1) is 12.7. The van der Waals surface area contributed by atoms with Crippen molar-refractivity contribution in [2.24, 2.45) is 5.92 Å². The number of carbonyl (C=O) groups is 1. The zero-order valence-electron chi connectivity index (χ0n) is 14.9. The van der Waals surface area contributed by atoms with E-state index >= 15 is 0 Å². The fourth-order valence-electron chi connectivity index (χ4n) is 3.29. The van der Waals surface area contributed by atoms with Crippen molar-refractivity contribution in [2.45, 2.75) is 19.8 Å². The summed E-state index contributed by atoms with van der Waals surface area (Å²) in [6.45, 7) is 4.98. The Morgan fingerprint density at radius 1 is 1.08 bits per heavy atom. The van der Waals surface area contributed by atoms with Gasteiger partial charge in [0.05, 0.1) is 0 Å². The summed E-state index contributed by atoms with van der Waals surface area (Å²) in [7, 11) is 0. The van der Waals surface area contributed by atoms with Crippen LogP contribution in [0.1, 0.15) is 30.3 Å². The molecule has 26 heavy (non-hydrogen) atoms. The normalized spacial score (nSPS) is 17.0. The number of amides is 1. The van der Waals surface area contributed by atoms with Crippen LogP contribution in [0.3, 0.4) is 0 Å². The van der Waals surface area contributed by atoms with Crippen molar-refractivity contribution < 1.29 is 14.3 Å². The van der Waals surface area contributed by atoms with Gasteiger partial charge in [0.2, 0.25) is 0 Å². The number of nitrogens with zero attached hydrogens (tertiary/aromatic N) is 2. The summed E-state index contributed by atoms with van der Waals surface area (Å²) < 4.78 is 11.2. The minimum absolute atomic E-state index is 0.00252. The Morgan fingerprint density at radius 2 is 1.81 bits per heavy atom. The van der Waals surface area contributed by atoms with Crippen LogP contribution < -0.4 is 14.8 Å². The van der Waals surface area contributed by atoms with Gasteiger partial charge in [-0.2, -0.15) is 0 Å². The Morgan fingerprint density at radius 3 is 2.62 bits per heavy atom. The molecule has 2 aliphatic rings. The molecule has 2 aromatic rings. The molecular formula is C20H23N3O3. The van der Waals surface area contributed by atoms with Crippen LogP contribution in [0.15, 0.2) is 36.5 Å². The van der Waals surface area contributed by atoms with Crippen molar-refractivity contribution in [1.82, 2.24) is 9.88 Å². The molecule has 0 saturated carbocycles. The number of nitrogens with one attached hydrogen (secondary N) is 1. The molecule has 1 fully saturated rings. The number of likely N-dealkylation sites (tertiary alicyclic amines) is 1. The average Bonchev–Trinajstić information content (AvgIpc) is 2.68. The van der Waals surface area contributed by atoms with Crippen molar-refractivity contribution in [1.29, 1.82) is 0 Å².